The Kier molecular flexibility index (Phi) is 5.99. The first kappa shape index (κ1) is 17.4. The minimum absolute atomic E-state index is 0.0819. The van der Waals surface area contributed by atoms with Crippen LogP contribution in [0, 0.1) is 0 Å². The Hall–Kier alpha value is -0.640. The summed E-state index contributed by atoms with van der Waals surface area (Å²) in [7, 11) is -4.09. The van der Waals surface area contributed by atoms with E-state index in [9.17, 15) is 21.6 Å². The molecule has 1 heterocycles. The summed E-state index contributed by atoms with van der Waals surface area (Å²) in [5.74, 6) is 0. The molecule has 1 aromatic heterocycles. The van der Waals surface area contributed by atoms with Gasteiger partial charge >= 0.3 is 6.18 Å². The van der Waals surface area contributed by atoms with E-state index in [1.165, 1.54) is 29.7 Å². The fourth-order valence-electron chi connectivity index (χ4n) is 1.55. The van der Waals surface area contributed by atoms with Crippen molar-refractivity contribution in [1.29, 1.82) is 0 Å². The predicted molar refractivity (Wildman–Crippen MR) is 72.2 cm³/mol. The molecule has 0 saturated heterocycles. The van der Waals surface area contributed by atoms with Gasteiger partial charge in [0.15, 0.2) is 0 Å². The molecule has 1 aromatic rings. The molecule has 1 rings (SSSR count). The van der Waals surface area contributed by atoms with Crippen molar-refractivity contribution in [3.63, 3.8) is 0 Å². The van der Waals surface area contributed by atoms with Crippen LogP contribution in [0.5, 0.6) is 0 Å². The monoisotopic (exact) mass is 330 g/mol. The molecule has 0 aliphatic carbocycles. The number of nitrogens with zero attached hydrogens (tertiary/aromatic N) is 1. The van der Waals surface area contributed by atoms with Crippen LogP contribution in [-0.4, -0.2) is 38.5 Å². The van der Waals surface area contributed by atoms with Crippen LogP contribution >= 0.6 is 11.3 Å². The third-order valence-electron chi connectivity index (χ3n) is 2.53. The minimum atomic E-state index is -4.55. The summed E-state index contributed by atoms with van der Waals surface area (Å²) in [4.78, 5) is 0.690. The van der Waals surface area contributed by atoms with Crippen LogP contribution in [0.15, 0.2) is 16.3 Å². The molecule has 20 heavy (non-hydrogen) atoms. The maximum absolute atomic E-state index is 12.4. The van der Waals surface area contributed by atoms with Crippen molar-refractivity contribution in [2.75, 3.05) is 19.6 Å². The second-order valence-electron chi connectivity index (χ2n) is 4.08. The Morgan fingerprint density at radius 1 is 1.35 bits per heavy atom. The van der Waals surface area contributed by atoms with Crippen molar-refractivity contribution in [1.82, 2.24) is 9.62 Å². The second kappa shape index (κ2) is 6.88. The molecule has 0 aromatic carbocycles. The lowest BCUT2D eigenvalue weighted by atomic mass is 10.4. The topological polar surface area (TPSA) is 49.4 Å². The first-order valence-corrected chi connectivity index (χ1v) is 8.37. The van der Waals surface area contributed by atoms with E-state index in [1.807, 2.05) is 6.92 Å². The molecule has 1 N–H and O–H groups in total. The number of hydrogen-bond donors (Lipinski definition) is 1. The van der Waals surface area contributed by atoms with Crippen molar-refractivity contribution < 1.29 is 21.6 Å². The van der Waals surface area contributed by atoms with Gasteiger partial charge in [-0.1, -0.05) is 13.8 Å². The van der Waals surface area contributed by atoms with Crippen LogP contribution in [0.4, 0.5) is 13.2 Å². The van der Waals surface area contributed by atoms with Gasteiger partial charge in [-0.2, -0.15) is 17.5 Å². The van der Waals surface area contributed by atoms with Gasteiger partial charge < -0.3 is 5.32 Å². The molecule has 0 aliphatic heterocycles. The van der Waals surface area contributed by atoms with Crippen LogP contribution in [0.3, 0.4) is 0 Å². The maximum atomic E-state index is 12.4. The Labute approximate surface area is 120 Å². The fraction of sp³-hybridized carbons (Fsp3) is 0.636. The van der Waals surface area contributed by atoms with Gasteiger partial charge in [0.05, 0.1) is 4.90 Å². The van der Waals surface area contributed by atoms with Crippen LogP contribution in [0.2, 0.25) is 0 Å². The number of hydrogen-bond acceptors (Lipinski definition) is 4. The molecule has 0 unspecified atom stereocenters. The fourth-order valence-corrected chi connectivity index (χ4v) is 4.22. The molecular weight excluding hydrogens is 313 g/mol. The van der Waals surface area contributed by atoms with E-state index in [0.717, 1.165) is 11.4 Å². The Bertz CT molecular complexity index is 526. The average Bonchev–Trinajstić information content (AvgIpc) is 2.81. The van der Waals surface area contributed by atoms with E-state index in [1.54, 1.807) is 0 Å². The van der Waals surface area contributed by atoms with Gasteiger partial charge in [0.25, 0.3) is 0 Å². The molecular formula is C11H17F3N2O2S2. The van der Waals surface area contributed by atoms with Crippen LogP contribution < -0.4 is 5.32 Å². The van der Waals surface area contributed by atoms with E-state index in [2.05, 4.69) is 5.32 Å². The normalized spacial score (nSPS) is 13.1. The molecule has 9 heteroatoms. The van der Waals surface area contributed by atoms with Gasteiger partial charge in [-0.3, -0.25) is 0 Å². The SMILES string of the molecule is CCNCc1cc(S(=O)(=O)N(CC)CC(F)(F)F)cs1. The summed E-state index contributed by atoms with van der Waals surface area (Å²) in [6.45, 7) is 2.84. The number of nitrogens with one attached hydrogen (secondary N) is 1. The Morgan fingerprint density at radius 3 is 2.50 bits per heavy atom. The lowest BCUT2D eigenvalue weighted by molar-refractivity contribution is -0.135. The molecule has 4 nitrogen and oxygen atoms in total. The lowest BCUT2D eigenvalue weighted by Gasteiger charge is -2.21. The van der Waals surface area contributed by atoms with E-state index < -0.39 is 22.7 Å². The number of rotatable bonds is 7. The van der Waals surface area contributed by atoms with Crippen molar-refractivity contribution in [3.8, 4) is 0 Å². The molecule has 0 bridgehead atoms. The van der Waals surface area contributed by atoms with Gasteiger partial charge in [-0.25, -0.2) is 8.42 Å². The molecule has 0 spiro atoms. The lowest BCUT2D eigenvalue weighted by Crippen LogP contribution is -2.38. The van der Waals surface area contributed by atoms with Crippen molar-refractivity contribution in [3.05, 3.63) is 16.3 Å². The van der Waals surface area contributed by atoms with E-state index in [0.29, 0.717) is 10.8 Å². The van der Waals surface area contributed by atoms with Crippen molar-refractivity contribution in [2.24, 2.45) is 0 Å². The maximum Gasteiger partial charge on any atom is 0.402 e. The van der Waals surface area contributed by atoms with Gasteiger partial charge in [0.2, 0.25) is 10.0 Å². The van der Waals surface area contributed by atoms with Gasteiger partial charge in [0.1, 0.15) is 6.54 Å². The van der Waals surface area contributed by atoms with Gasteiger partial charge in [-0.15, -0.1) is 11.3 Å². The highest BCUT2D eigenvalue weighted by molar-refractivity contribution is 7.89. The van der Waals surface area contributed by atoms with Crippen LogP contribution in [-0.2, 0) is 16.6 Å². The highest BCUT2D eigenvalue weighted by atomic mass is 32.2. The molecule has 0 aliphatic rings. The van der Waals surface area contributed by atoms with Crippen LogP contribution in [0.25, 0.3) is 0 Å². The zero-order chi connectivity index (χ0) is 15.4. The quantitative estimate of drug-likeness (QED) is 0.835. The Balaban J connectivity index is 2.93. The first-order valence-electron chi connectivity index (χ1n) is 6.05. The van der Waals surface area contributed by atoms with E-state index in [4.69, 9.17) is 0 Å². The molecule has 0 atom stereocenters. The summed E-state index contributed by atoms with van der Waals surface area (Å²) >= 11 is 1.21. The summed E-state index contributed by atoms with van der Waals surface area (Å²) in [6, 6.07) is 1.42. The zero-order valence-electron chi connectivity index (χ0n) is 11.2. The number of sulfonamides is 1. The molecule has 116 valence electrons. The standard InChI is InChI=1S/C11H17F3N2O2S2/c1-3-15-6-9-5-10(7-19-9)20(17,18)16(4-2)8-11(12,13)14/h5,7,15H,3-4,6,8H2,1-2H3. The Morgan fingerprint density at radius 2 is 2.00 bits per heavy atom. The summed E-state index contributed by atoms with van der Waals surface area (Å²) in [5.41, 5.74) is 0. The third-order valence-corrected chi connectivity index (χ3v) is 5.51. The summed E-state index contributed by atoms with van der Waals surface area (Å²) in [6.07, 6.45) is -4.55. The first-order chi connectivity index (χ1) is 9.20. The predicted octanol–water partition coefficient (Wildman–Crippen LogP) is 2.43. The summed E-state index contributed by atoms with van der Waals surface area (Å²) < 4.78 is 61.9. The molecule has 0 saturated carbocycles. The van der Waals surface area contributed by atoms with Gasteiger partial charge in [0, 0.05) is 23.3 Å². The summed E-state index contributed by atoms with van der Waals surface area (Å²) in [5, 5.41) is 4.41. The van der Waals surface area contributed by atoms with Gasteiger partial charge in [-0.05, 0) is 12.6 Å². The van der Waals surface area contributed by atoms with Crippen LogP contribution in [0.1, 0.15) is 18.7 Å². The number of halogens is 3. The second-order valence-corrected chi connectivity index (χ2v) is 7.01. The molecule has 0 fully saturated rings. The third kappa shape index (κ3) is 4.72. The van der Waals surface area contributed by atoms with Crippen molar-refractivity contribution in [2.45, 2.75) is 31.5 Å². The zero-order valence-corrected chi connectivity index (χ0v) is 12.8. The number of thiophene rings is 1. The number of alkyl halides is 3. The highest BCUT2D eigenvalue weighted by Crippen LogP contribution is 2.25. The molecule has 0 amide bonds. The van der Waals surface area contributed by atoms with E-state index >= 15 is 0 Å². The highest BCUT2D eigenvalue weighted by Gasteiger charge is 2.36. The minimum Gasteiger partial charge on any atom is -0.312 e. The smallest absolute Gasteiger partial charge is 0.312 e. The average molecular weight is 330 g/mol. The van der Waals surface area contributed by atoms with Crippen molar-refractivity contribution >= 4 is 21.4 Å². The van der Waals surface area contributed by atoms with E-state index in [-0.39, 0.29) is 11.4 Å². The largest absolute Gasteiger partial charge is 0.402 e. The molecule has 0 radical (unpaired) electrons.